The molecule has 0 radical (unpaired) electrons. The highest BCUT2D eigenvalue weighted by molar-refractivity contribution is 5.66. The van der Waals surface area contributed by atoms with Gasteiger partial charge in [-0.25, -0.2) is 9.97 Å². The molecule has 2 rings (SSSR count). The second kappa shape index (κ2) is 6.90. The lowest BCUT2D eigenvalue weighted by Gasteiger charge is -2.12. The third-order valence-corrected chi connectivity index (χ3v) is 2.85. The Morgan fingerprint density at radius 2 is 2.05 bits per heavy atom. The molecule has 0 aliphatic rings. The Hall–Kier alpha value is -2.34. The predicted molar refractivity (Wildman–Crippen MR) is 82.8 cm³/mol. The molecule has 6 nitrogen and oxygen atoms in total. The molecule has 0 saturated carbocycles. The van der Waals surface area contributed by atoms with Crippen molar-refractivity contribution in [3.8, 4) is 5.75 Å². The molecule has 1 aromatic carbocycles. The Morgan fingerprint density at radius 3 is 2.76 bits per heavy atom. The second-order valence-corrected chi connectivity index (χ2v) is 4.56. The van der Waals surface area contributed by atoms with Crippen molar-refractivity contribution in [3.63, 3.8) is 0 Å². The molecule has 3 N–H and O–H groups in total. The summed E-state index contributed by atoms with van der Waals surface area (Å²) in [6, 6.07) is 7.55. The zero-order valence-electron chi connectivity index (χ0n) is 12.5. The van der Waals surface area contributed by atoms with Crippen LogP contribution in [0.1, 0.15) is 18.3 Å². The molecule has 0 fully saturated rings. The molecule has 2 aromatic rings. The molecule has 0 bridgehead atoms. The van der Waals surface area contributed by atoms with Crippen LogP contribution in [-0.2, 0) is 11.3 Å². The van der Waals surface area contributed by atoms with Crippen molar-refractivity contribution in [2.75, 3.05) is 24.8 Å². The van der Waals surface area contributed by atoms with E-state index in [0.717, 1.165) is 17.0 Å². The first-order valence-corrected chi connectivity index (χ1v) is 6.75. The predicted octanol–water partition coefficient (Wildman–Crippen LogP) is 2.66. The van der Waals surface area contributed by atoms with Crippen molar-refractivity contribution >= 4 is 17.3 Å². The molecule has 6 heteroatoms. The first-order valence-electron chi connectivity index (χ1n) is 6.75. The molecule has 0 atom stereocenters. The van der Waals surface area contributed by atoms with Gasteiger partial charge >= 0.3 is 0 Å². The number of benzene rings is 1. The van der Waals surface area contributed by atoms with E-state index in [1.54, 1.807) is 13.2 Å². The average Bonchev–Trinajstić information content (AvgIpc) is 2.45. The van der Waals surface area contributed by atoms with E-state index in [1.165, 1.54) is 0 Å². The number of nitrogens with zero attached hydrogens (tertiary/aromatic N) is 2. The Kier molecular flexibility index (Phi) is 4.94. The van der Waals surface area contributed by atoms with Crippen LogP contribution in [0.15, 0.2) is 24.3 Å². The number of aromatic nitrogens is 2. The minimum atomic E-state index is 0.334. The van der Waals surface area contributed by atoms with Gasteiger partial charge in [0.15, 0.2) is 5.82 Å². The number of nitrogens with two attached hydrogens (primary N) is 1. The van der Waals surface area contributed by atoms with E-state index in [9.17, 15) is 0 Å². The molecule has 1 aromatic heterocycles. The van der Waals surface area contributed by atoms with Crippen molar-refractivity contribution in [2.24, 2.45) is 0 Å². The average molecular weight is 288 g/mol. The lowest BCUT2D eigenvalue weighted by Crippen LogP contribution is -2.06. The Bertz CT molecular complexity index is 617. The molecule has 0 spiro atoms. The number of ether oxygens (including phenoxy) is 2. The standard InChI is InChI=1S/C15H20N4O2/c1-4-21-9-15-18-13(16)8-14(19-15)17-11-7-10(2)5-6-12(11)20-3/h5-8H,4,9H2,1-3H3,(H3,16,17,18,19). The maximum atomic E-state index is 5.81. The van der Waals surface area contributed by atoms with Crippen LogP contribution in [0.5, 0.6) is 5.75 Å². The third-order valence-electron chi connectivity index (χ3n) is 2.85. The minimum absolute atomic E-state index is 0.334. The van der Waals surface area contributed by atoms with E-state index in [2.05, 4.69) is 15.3 Å². The SMILES string of the molecule is CCOCc1nc(N)cc(Nc2cc(C)ccc2OC)n1. The maximum Gasteiger partial charge on any atom is 0.158 e. The zero-order chi connectivity index (χ0) is 15.2. The summed E-state index contributed by atoms with van der Waals surface area (Å²) in [5, 5.41) is 3.21. The summed E-state index contributed by atoms with van der Waals surface area (Å²) in [5.41, 5.74) is 7.76. The van der Waals surface area contributed by atoms with Gasteiger partial charge < -0.3 is 20.5 Å². The summed E-state index contributed by atoms with van der Waals surface area (Å²) in [7, 11) is 1.63. The fourth-order valence-electron chi connectivity index (χ4n) is 1.90. The summed E-state index contributed by atoms with van der Waals surface area (Å²) in [6.07, 6.45) is 0. The van der Waals surface area contributed by atoms with Gasteiger partial charge in [-0.2, -0.15) is 0 Å². The first-order chi connectivity index (χ1) is 10.1. The molecular formula is C15H20N4O2. The number of nitrogens with one attached hydrogen (secondary N) is 1. The first kappa shape index (κ1) is 15.1. The van der Waals surface area contributed by atoms with Gasteiger partial charge in [-0.1, -0.05) is 6.07 Å². The molecule has 21 heavy (non-hydrogen) atoms. The molecule has 0 aliphatic heterocycles. The van der Waals surface area contributed by atoms with Crippen LogP contribution in [0.25, 0.3) is 0 Å². The summed E-state index contributed by atoms with van der Waals surface area (Å²) in [5.74, 6) is 2.30. The highest BCUT2D eigenvalue weighted by atomic mass is 16.5. The number of nitrogen functional groups attached to an aromatic ring is 1. The van der Waals surface area contributed by atoms with Gasteiger partial charge in [-0.05, 0) is 31.5 Å². The highest BCUT2D eigenvalue weighted by Crippen LogP contribution is 2.28. The quantitative estimate of drug-likeness (QED) is 0.850. The number of anilines is 3. The number of hydrogen-bond acceptors (Lipinski definition) is 6. The van der Waals surface area contributed by atoms with Crippen molar-refractivity contribution in [3.05, 3.63) is 35.7 Å². The molecule has 0 unspecified atom stereocenters. The Morgan fingerprint density at radius 1 is 1.24 bits per heavy atom. The van der Waals surface area contributed by atoms with Crippen molar-refractivity contribution in [1.29, 1.82) is 0 Å². The lowest BCUT2D eigenvalue weighted by atomic mass is 10.2. The van der Waals surface area contributed by atoms with Crippen molar-refractivity contribution in [1.82, 2.24) is 9.97 Å². The number of rotatable bonds is 6. The van der Waals surface area contributed by atoms with Crippen LogP contribution in [-0.4, -0.2) is 23.7 Å². The fraction of sp³-hybridized carbons (Fsp3) is 0.333. The monoisotopic (exact) mass is 288 g/mol. The van der Waals surface area contributed by atoms with Gasteiger partial charge in [0.05, 0.1) is 12.8 Å². The molecule has 112 valence electrons. The third kappa shape index (κ3) is 4.06. The topological polar surface area (TPSA) is 82.3 Å². The molecular weight excluding hydrogens is 268 g/mol. The van der Waals surface area contributed by atoms with E-state index in [-0.39, 0.29) is 0 Å². The normalized spacial score (nSPS) is 10.4. The van der Waals surface area contributed by atoms with E-state index in [0.29, 0.717) is 30.7 Å². The van der Waals surface area contributed by atoms with Crippen molar-refractivity contribution < 1.29 is 9.47 Å². The van der Waals surface area contributed by atoms with Gasteiger partial charge in [-0.15, -0.1) is 0 Å². The second-order valence-electron chi connectivity index (χ2n) is 4.56. The van der Waals surface area contributed by atoms with Gasteiger partial charge in [0.2, 0.25) is 0 Å². The van der Waals surface area contributed by atoms with Crippen LogP contribution in [0.2, 0.25) is 0 Å². The zero-order valence-corrected chi connectivity index (χ0v) is 12.5. The van der Waals surface area contributed by atoms with Crippen LogP contribution in [0, 0.1) is 6.92 Å². The minimum Gasteiger partial charge on any atom is -0.495 e. The van der Waals surface area contributed by atoms with E-state index in [1.807, 2.05) is 32.0 Å². The van der Waals surface area contributed by atoms with Gasteiger partial charge in [-0.3, -0.25) is 0 Å². The smallest absolute Gasteiger partial charge is 0.158 e. The van der Waals surface area contributed by atoms with Gasteiger partial charge in [0.1, 0.15) is 24.0 Å². The maximum absolute atomic E-state index is 5.81. The Balaban J connectivity index is 2.26. The van der Waals surface area contributed by atoms with Gasteiger partial charge in [0.25, 0.3) is 0 Å². The number of aryl methyl sites for hydroxylation is 1. The summed E-state index contributed by atoms with van der Waals surface area (Å²) in [4.78, 5) is 8.53. The largest absolute Gasteiger partial charge is 0.495 e. The van der Waals surface area contributed by atoms with Crippen LogP contribution >= 0.6 is 0 Å². The molecule has 0 saturated heterocycles. The number of methoxy groups -OCH3 is 1. The fourth-order valence-corrected chi connectivity index (χ4v) is 1.90. The summed E-state index contributed by atoms with van der Waals surface area (Å²) < 4.78 is 10.6. The molecule has 1 heterocycles. The molecule has 0 aliphatic carbocycles. The Labute approximate surface area is 124 Å². The van der Waals surface area contributed by atoms with Crippen LogP contribution in [0.4, 0.5) is 17.3 Å². The highest BCUT2D eigenvalue weighted by Gasteiger charge is 2.07. The van der Waals surface area contributed by atoms with Gasteiger partial charge in [0, 0.05) is 12.7 Å². The molecule has 0 amide bonds. The van der Waals surface area contributed by atoms with E-state index in [4.69, 9.17) is 15.2 Å². The van der Waals surface area contributed by atoms with Crippen molar-refractivity contribution in [2.45, 2.75) is 20.5 Å². The number of hydrogen-bond donors (Lipinski definition) is 2. The van der Waals surface area contributed by atoms with E-state index < -0.39 is 0 Å². The van der Waals surface area contributed by atoms with E-state index >= 15 is 0 Å². The summed E-state index contributed by atoms with van der Waals surface area (Å²) in [6.45, 7) is 4.87. The summed E-state index contributed by atoms with van der Waals surface area (Å²) >= 11 is 0. The van der Waals surface area contributed by atoms with Crippen LogP contribution < -0.4 is 15.8 Å². The lowest BCUT2D eigenvalue weighted by molar-refractivity contribution is 0.128. The van der Waals surface area contributed by atoms with Crippen LogP contribution in [0.3, 0.4) is 0 Å².